The number of esters is 2. The fraction of sp³-hybridized carbons (Fsp3) is 0.390. The van der Waals surface area contributed by atoms with Gasteiger partial charge in [0, 0.05) is 35.2 Å². The largest absolute Gasteiger partial charge is 2.00 e. The Labute approximate surface area is 315 Å². The first-order valence-electron chi connectivity index (χ1n) is 17.4. The van der Waals surface area contributed by atoms with E-state index in [1.54, 1.807) is 0 Å². The molecule has 1 aliphatic carbocycles. The fourth-order valence-electron chi connectivity index (χ4n) is 7.52. The van der Waals surface area contributed by atoms with Crippen molar-refractivity contribution in [2.75, 3.05) is 13.7 Å². The Balaban J connectivity index is 0.00000504. The molecule has 1 N–H and O–H groups in total. The zero-order chi connectivity index (χ0) is 36.0. The molecule has 0 saturated carbocycles. The Morgan fingerprint density at radius 1 is 0.980 bits per heavy atom. The van der Waals surface area contributed by atoms with Gasteiger partial charge >= 0.3 is 35.0 Å². The van der Waals surface area contributed by atoms with E-state index in [1.165, 1.54) is 7.11 Å². The maximum atomic E-state index is 14.2. The van der Waals surface area contributed by atoms with Crippen LogP contribution < -0.4 is 31.0 Å². The van der Waals surface area contributed by atoms with E-state index >= 15 is 0 Å². The molecule has 0 spiro atoms. The third-order valence-electron chi connectivity index (χ3n) is 10.7. The second-order valence-electron chi connectivity index (χ2n) is 13.5. The molecule has 3 atom stereocenters. The molecule has 8 bridgehead atoms. The molecule has 1 saturated heterocycles. The van der Waals surface area contributed by atoms with Gasteiger partial charge in [-0.15, -0.1) is 33.5 Å². The molecule has 0 radical (unpaired) electrons. The van der Waals surface area contributed by atoms with Gasteiger partial charge in [-0.2, -0.15) is 0 Å². The van der Waals surface area contributed by atoms with Gasteiger partial charge in [0.2, 0.25) is 0 Å². The maximum Gasteiger partial charge on any atom is 2.00 e. The van der Waals surface area contributed by atoms with Crippen LogP contribution in [-0.2, 0) is 25.5 Å². The fourth-order valence-corrected chi connectivity index (χ4v) is 7.52. The van der Waals surface area contributed by atoms with Gasteiger partial charge in [0.15, 0.2) is 5.78 Å². The number of fused-ring (bicyclic) bond motifs is 7. The molecular formula is C41H45MgN4O5-. The SMILES string of the molecule is C=Cc1c2[n-]c(c1C)/C=C1\N/C(=C3\c4[n-]c(c(C)c4C(=O)[C@@H]3C(=O)OC)/C=c3\[n-]/c(c(C)c3CC)=C\2)[C@@H](CCC(=O)OC/C=C(/C)CC)[C@@H]1C.[Mg+2]. The second kappa shape index (κ2) is 15.1. The number of ketones is 1. The summed E-state index contributed by atoms with van der Waals surface area (Å²) in [4.78, 5) is 55.7. The van der Waals surface area contributed by atoms with E-state index < -0.39 is 11.9 Å². The zero-order valence-corrected chi connectivity index (χ0v) is 32.4. The summed E-state index contributed by atoms with van der Waals surface area (Å²) in [6, 6.07) is 0. The van der Waals surface area contributed by atoms with Gasteiger partial charge in [-0.25, -0.2) is 0 Å². The van der Waals surface area contributed by atoms with Crippen LogP contribution in [0.4, 0.5) is 0 Å². The van der Waals surface area contributed by atoms with Gasteiger partial charge in [-0.05, 0) is 64.2 Å². The molecule has 9 nitrogen and oxygen atoms in total. The number of methoxy groups -OCH3 is 1. The van der Waals surface area contributed by atoms with E-state index in [2.05, 4.69) is 39.6 Å². The van der Waals surface area contributed by atoms with Crippen LogP contribution in [0.3, 0.4) is 0 Å². The third-order valence-corrected chi connectivity index (χ3v) is 10.7. The summed E-state index contributed by atoms with van der Waals surface area (Å²) in [5.41, 5.74) is 11.0. The molecule has 3 aliphatic rings. The van der Waals surface area contributed by atoms with Crippen molar-refractivity contribution in [3.8, 4) is 0 Å². The molecule has 262 valence electrons. The van der Waals surface area contributed by atoms with E-state index in [9.17, 15) is 14.4 Å². The molecule has 3 aromatic rings. The number of nitrogens with zero attached hydrogens (tertiary/aromatic N) is 3. The summed E-state index contributed by atoms with van der Waals surface area (Å²) in [6.07, 6.45) is 12.0. The average Bonchev–Trinajstić information content (AvgIpc) is 3.84. The van der Waals surface area contributed by atoms with Gasteiger partial charge in [0.25, 0.3) is 0 Å². The van der Waals surface area contributed by atoms with E-state index in [4.69, 9.17) is 24.4 Å². The molecule has 0 amide bonds. The molecule has 6 rings (SSSR count). The van der Waals surface area contributed by atoms with Gasteiger partial charge in [-0.1, -0.05) is 79.5 Å². The van der Waals surface area contributed by atoms with E-state index in [1.807, 2.05) is 51.2 Å². The second-order valence-corrected chi connectivity index (χ2v) is 13.5. The standard InChI is InChI=1S/C41H46N4O5.Mg/c1-10-20(4)15-16-50-34(46)14-13-27-23(7)30-17-28-21(5)25(11-2)32(42-28)18-29-22(6)26(12-3)33(43-29)19-31-24(8)35-39(45-31)36(38(27)44-30)37(40(35)47)41(48)49-9;/h11,15,17-19,23,27,37H,2,10,12-14,16H2,1,3-9H3,(H2,44,45,47);/q-2;+2/p-1/b20-15-,29-18-,30-17-,33-19-;/t23-,27-,37+;/m0./s1. The van der Waals surface area contributed by atoms with Crippen molar-refractivity contribution in [2.24, 2.45) is 17.8 Å². The number of ether oxygens (including phenoxy) is 2. The first kappa shape index (κ1) is 38.0. The minimum Gasteiger partial charge on any atom is -0.657 e. The quantitative estimate of drug-likeness (QED) is 0.148. The Hall–Kier alpha value is -4.28. The molecule has 3 aromatic heterocycles. The van der Waals surface area contributed by atoms with Crippen LogP contribution in [0.25, 0.3) is 29.9 Å². The number of allylic oxidation sites excluding steroid dienone is 3. The van der Waals surface area contributed by atoms with Crippen LogP contribution in [0.5, 0.6) is 0 Å². The summed E-state index contributed by atoms with van der Waals surface area (Å²) in [6.45, 7) is 18.5. The topological polar surface area (TPSA) is 124 Å². The summed E-state index contributed by atoms with van der Waals surface area (Å²) in [7, 11) is 1.29. The zero-order valence-electron chi connectivity index (χ0n) is 31.0. The van der Waals surface area contributed by atoms with Crippen LogP contribution in [0, 0.1) is 38.5 Å². The van der Waals surface area contributed by atoms with Crippen LogP contribution in [-0.4, -0.2) is 54.5 Å². The van der Waals surface area contributed by atoms with Crippen molar-refractivity contribution in [1.29, 1.82) is 0 Å². The van der Waals surface area contributed by atoms with Crippen LogP contribution in [0.15, 0.2) is 29.6 Å². The molecule has 1 fully saturated rings. The number of Topliss-reactive ketones (excluding diaryl/α,β-unsaturated/α-hetero) is 1. The van der Waals surface area contributed by atoms with Gasteiger partial charge in [0.1, 0.15) is 12.5 Å². The first-order chi connectivity index (χ1) is 23.9. The molecule has 2 aliphatic heterocycles. The third kappa shape index (κ3) is 6.64. The van der Waals surface area contributed by atoms with Gasteiger partial charge in [0.05, 0.1) is 7.11 Å². The maximum absolute atomic E-state index is 14.2. The smallest absolute Gasteiger partial charge is 0.657 e. The number of carbonyl (C=O) groups is 3. The molecule has 10 heteroatoms. The van der Waals surface area contributed by atoms with Crippen LogP contribution in [0.2, 0.25) is 0 Å². The number of hydrogen-bond acceptors (Lipinski definition) is 6. The predicted molar refractivity (Wildman–Crippen MR) is 200 cm³/mol. The normalized spacial score (nSPS) is 22.9. The predicted octanol–water partition coefficient (Wildman–Crippen LogP) is 4.55. The molecule has 0 unspecified atom stereocenters. The molecule has 0 aromatic carbocycles. The first-order valence-corrected chi connectivity index (χ1v) is 17.4. The number of rotatable bonds is 9. The van der Waals surface area contributed by atoms with E-state index in [-0.39, 0.29) is 59.7 Å². The van der Waals surface area contributed by atoms with Crippen molar-refractivity contribution in [3.05, 3.63) is 96.5 Å². The number of aromatic nitrogens is 3. The molecule has 51 heavy (non-hydrogen) atoms. The Morgan fingerprint density at radius 3 is 2.35 bits per heavy atom. The Bertz CT molecular complexity index is 2150. The van der Waals surface area contributed by atoms with Gasteiger partial charge < -0.3 is 29.7 Å². The summed E-state index contributed by atoms with van der Waals surface area (Å²) in [5, 5.41) is 5.22. The summed E-state index contributed by atoms with van der Waals surface area (Å²) in [5.74, 6) is -2.85. The summed E-state index contributed by atoms with van der Waals surface area (Å²) < 4.78 is 10.8. The van der Waals surface area contributed by atoms with Crippen molar-refractivity contribution in [2.45, 2.75) is 74.1 Å². The Kier molecular flexibility index (Phi) is 11.3. The van der Waals surface area contributed by atoms with Crippen LogP contribution >= 0.6 is 0 Å². The average molecular weight is 698 g/mol. The number of hydrogen-bond donors (Lipinski definition) is 1. The minimum absolute atomic E-state index is 0. The number of nitrogens with one attached hydrogen (secondary N) is 1. The van der Waals surface area contributed by atoms with Crippen molar-refractivity contribution in [1.82, 2.24) is 20.3 Å². The van der Waals surface area contributed by atoms with Crippen molar-refractivity contribution in [3.63, 3.8) is 0 Å². The number of carbonyl (C=O) groups excluding carboxylic acids is 3. The van der Waals surface area contributed by atoms with Crippen molar-refractivity contribution >= 4 is 70.7 Å². The monoisotopic (exact) mass is 697 g/mol. The van der Waals surface area contributed by atoms with E-state index in [0.29, 0.717) is 40.2 Å². The molecular weight excluding hydrogens is 653 g/mol. The summed E-state index contributed by atoms with van der Waals surface area (Å²) >= 11 is 0. The minimum atomic E-state index is -1.18. The van der Waals surface area contributed by atoms with Crippen molar-refractivity contribution < 1.29 is 23.9 Å². The molecule has 5 heterocycles. The Morgan fingerprint density at radius 2 is 1.69 bits per heavy atom. The van der Waals surface area contributed by atoms with E-state index in [0.717, 1.165) is 68.5 Å². The van der Waals surface area contributed by atoms with Crippen LogP contribution in [0.1, 0.15) is 108 Å². The van der Waals surface area contributed by atoms with Gasteiger partial charge in [-0.3, -0.25) is 14.4 Å².